The summed E-state index contributed by atoms with van der Waals surface area (Å²) >= 11 is 0. The van der Waals surface area contributed by atoms with Gasteiger partial charge in [-0.05, 0) is 44.9 Å². The maximum Gasteiger partial charge on any atom is 0.259 e. The maximum atomic E-state index is 13.2. The van der Waals surface area contributed by atoms with Crippen LogP contribution in [0.15, 0.2) is 34.9 Å². The lowest BCUT2D eigenvalue weighted by atomic mass is 10.1. The molecule has 1 amide bonds. The Morgan fingerprint density at radius 1 is 1.30 bits per heavy atom. The lowest BCUT2D eigenvalue weighted by Crippen LogP contribution is -2.17. The number of fused-ring (bicyclic) bond motifs is 2. The molecule has 3 heterocycles. The van der Waals surface area contributed by atoms with Crippen LogP contribution in [0.4, 0.5) is 5.95 Å². The number of imidazole rings is 1. The summed E-state index contributed by atoms with van der Waals surface area (Å²) in [5, 5.41) is 7.64. The van der Waals surface area contributed by atoms with Crippen molar-refractivity contribution in [1.29, 1.82) is 0 Å². The molecule has 0 atom stereocenters. The molecule has 7 nitrogen and oxygen atoms in total. The Kier molecular flexibility index (Phi) is 3.50. The summed E-state index contributed by atoms with van der Waals surface area (Å²) in [6.07, 6.45) is 2.19. The minimum atomic E-state index is -0.222. The predicted molar refractivity (Wildman–Crippen MR) is 102 cm³/mol. The molecule has 7 heteroatoms. The van der Waals surface area contributed by atoms with Crippen LogP contribution >= 0.6 is 0 Å². The first-order chi connectivity index (χ1) is 13.2. The largest absolute Gasteiger partial charge is 0.336 e. The van der Waals surface area contributed by atoms with E-state index in [2.05, 4.69) is 20.4 Å². The van der Waals surface area contributed by atoms with Gasteiger partial charge in [0, 0.05) is 18.2 Å². The number of nitrogens with one attached hydrogen (secondary N) is 1. The fraction of sp³-hybridized carbons (Fsp3) is 0.300. The highest BCUT2D eigenvalue weighted by Gasteiger charge is 2.29. The van der Waals surface area contributed by atoms with Crippen molar-refractivity contribution >= 4 is 34.0 Å². The molecule has 5 rings (SSSR count). The molecule has 1 N–H and O–H groups in total. The van der Waals surface area contributed by atoms with Gasteiger partial charge < -0.3 is 9.09 Å². The normalized spacial score (nSPS) is 14.1. The van der Waals surface area contributed by atoms with Gasteiger partial charge in [-0.25, -0.2) is 9.97 Å². The van der Waals surface area contributed by atoms with E-state index in [0.29, 0.717) is 40.8 Å². The third-order valence-electron chi connectivity index (χ3n) is 5.07. The summed E-state index contributed by atoms with van der Waals surface area (Å²) < 4.78 is 7.33. The SMILES string of the molecule is CCn1c(NC(=O)c2cc(C3CC3)nc3onc(C)c23)nc2ccccc21. The van der Waals surface area contributed by atoms with Crippen LogP contribution in [0, 0.1) is 6.92 Å². The van der Waals surface area contributed by atoms with Crippen molar-refractivity contribution < 1.29 is 9.32 Å². The summed E-state index contributed by atoms with van der Waals surface area (Å²) in [7, 11) is 0. The van der Waals surface area contributed by atoms with Gasteiger partial charge in [0.05, 0.1) is 27.7 Å². The number of aryl methyl sites for hydroxylation is 2. The van der Waals surface area contributed by atoms with E-state index in [0.717, 1.165) is 29.6 Å². The number of hydrogen-bond donors (Lipinski definition) is 1. The molecule has 0 bridgehead atoms. The lowest BCUT2D eigenvalue weighted by molar-refractivity contribution is 0.102. The molecule has 1 aromatic carbocycles. The zero-order valence-corrected chi connectivity index (χ0v) is 15.2. The number of carbonyl (C=O) groups is 1. The first-order valence-electron chi connectivity index (χ1n) is 9.19. The van der Waals surface area contributed by atoms with Gasteiger partial charge in [0.1, 0.15) is 0 Å². The molecule has 1 saturated carbocycles. The zero-order valence-electron chi connectivity index (χ0n) is 15.2. The van der Waals surface area contributed by atoms with Crippen molar-refractivity contribution in [1.82, 2.24) is 19.7 Å². The highest BCUT2D eigenvalue weighted by atomic mass is 16.5. The second-order valence-corrected chi connectivity index (χ2v) is 6.94. The highest BCUT2D eigenvalue weighted by Crippen LogP contribution is 2.40. The Hall–Kier alpha value is -3.22. The average molecular weight is 361 g/mol. The van der Waals surface area contributed by atoms with Gasteiger partial charge in [0.15, 0.2) is 0 Å². The van der Waals surface area contributed by atoms with E-state index in [4.69, 9.17) is 4.52 Å². The first kappa shape index (κ1) is 16.0. The van der Waals surface area contributed by atoms with Gasteiger partial charge in [0.25, 0.3) is 11.6 Å². The molecule has 3 aromatic heterocycles. The zero-order chi connectivity index (χ0) is 18.5. The van der Waals surface area contributed by atoms with Gasteiger partial charge in [0.2, 0.25) is 5.95 Å². The Morgan fingerprint density at radius 3 is 2.89 bits per heavy atom. The molecule has 27 heavy (non-hydrogen) atoms. The third kappa shape index (κ3) is 2.58. The fourth-order valence-corrected chi connectivity index (χ4v) is 3.54. The van der Waals surface area contributed by atoms with E-state index in [-0.39, 0.29) is 5.91 Å². The van der Waals surface area contributed by atoms with Gasteiger partial charge in [-0.15, -0.1) is 0 Å². The standard InChI is InChI=1S/C20H19N5O2/c1-3-25-16-7-5-4-6-14(16)22-20(25)23-18(26)13-10-15(12-8-9-12)21-19-17(13)11(2)24-27-19/h4-7,10,12H,3,8-9H2,1-2H3,(H,22,23,26). The lowest BCUT2D eigenvalue weighted by Gasteiger charge is -2.09. The number of anilines is 1. The van der Waals surface area contributed by atoms with Crippen molar-refractivity contribution in [2.24, 2.45) is 0 Å². The van der Waals surface area contributed by atoms with Crippen LogP contribution in [0.2, 0.25) is 0 Å². The van der Waals surface area contributed by atoms with E-state index in [9.17, 15) is 4.79 Å². The topological polar surface area (TPSA) is 85.8 Å². The monoisotopic (exact) mass is 361 g/mol. The molecule has 1 fully saturated rings. The molecular formula is C20H19N5O2. The summed E-state index contributed by atoms with van der Waals surface area (Å²) in [5.41, 5.74) is 4.37. The molecule has 4 aromatic rings. The maximum absolute atomic E-state index is 13.2. The second kappa shape index (κ2) is 5.90. The van der Waals surface area contributed by atoms with Crippen molar-refractivity contribution in [2.75, 3.05) is 5.32 Å². The molecule has 1 aliphatic carbocycles. The van der Waals surface area contributed by atoms with Crippen LogP contribution in [-0.4, -0.2) is 25.6 Å². The van der Waals surface area contributed by atoms with E-state index >= 15 is 0 Å². The molecular weight excluding hydrogens is 342 g/mol. The van der Waals surface area contributed by atoms with Gasteiger partial charge >= 0.3 is 0 Å². The van der Waals surface area contributed by atoms with Gasteiger partial charge in [-0.2, -0.15) is 0 Å². The second-order valence-electron chi connectivity index (χ2n) is 6.94. The number of hydrogen-bond acceptors (Lipinski definition) is 5. The predicted octanol–water partition coefficient (Wildman–Crippen LogP) is 4.03. The number of nitrogens with zero attached hydrogens (tertiary/aromatic N) is 4. The van der Waals surface area contributed by atoms with Crippen molar-refractivity contribution in [3.8, 4) is 0 Å². The quantitative estimate of drug-likeness (QED) is 0.593. The molecule has 136 valence electrons. The number of amides is 1. The summed E-state index contributed by atoms with van der Waals surface area (Å²) in [6, 6.07) is 9.73. The summed E-state index contributed by atoms with van der Waals surface area (Å²) in [4.78, 5) is 22.3. The minimum absolute atomic E-state index is 0.222. The van der Waals surface area contributed by atoms with Crippen LogP contribution in [-0.2, 0) is 6.54 Å². The Labute approximate surface area is 155 Å². The number of aromatic nitrogens is 4. The van der Waals surface area contributed by atoms with Crippen LogP contribution in [0.3, 0.4) is 0 Å². The number of benzene rings is 1. The fourth-order valence-electron chi connectivity index (χ4n) is 3.54. The first-order valence-corrected chi connectivity index (χ1v) is 9.19. The van der Waals surface area contributed by atoms with Crippen LogP contribution in [0.1, 0.15) is 47.4 Å². The van der Waals surface area contributed by atoms with Crippen LogP contribution in [0.5, 0.6) is 0 Å². The van der Waals surface area contributed by atoms with Crippen LogP contribution < -0.4 is 5.32 Å². The Morgan fingerprint density at radius 2 is 2.11 bits per heavy atom. The average Bonchev–Trinajstić information content (AvgIpc) is 3.38. The number of rotatable bonds is 4. The molecule has 1 aliphatic rings. The Balaban J connectivity index is 1.59. The van der Waals surface area contributed by atoms with E-state index in [1.54, 1.807) is 0 Å². The number of carbonyl (C=O) groups excluding carboxylic acids is 1. The molecule has 0 spiro atoms. The van der Waals surface area contributed by atoms with E-state index in [1.807, 2.05) is 48.7 Å². The molecule has 0 aliphatic heterocycles. The van der Waals surface area contributed by atoms with E-state index < -0.39 is 0 Å². The van der Waals surface area contributed by atoms with E-state index in [1.165, 1.54) is 0 Å². The molecule has 0 saturated heterocycles. The van der Waals surface area contributed by atoms with Gasteiger partial charge in [-0.3, -0.25) is 10.1 Å². The summed E-state index contributed by atoms with van der Waals surface area (Å²) in [5.74, 6) is 0.725. The highest BCUT2D eigenvalue weighted by molar-refractivity contribution is 6.12. The third-order valence-corrected chi connectivity index (χ3v) is 5.07. The minimum Gasteiger partial charge on any atom is -0.336 e. The molecule has 0 radical (unpaired) electrons. The smallest absolute Gasteiger partial charge is 0.259 e. The Bertz CT molecular complexity index is 1190. The van der Waals surface area contributed by atoms with Crippen molar-refractivity contribution in [3.05, 3.63) is 47.3 Å². The van der Waals surface area contributed by atoms with Gasteiger partial charge in [-0.1, -0.05) is 17.3 Å². The summed E-state index contributed by atoms with van der Waals surface area (Å²) in [6.45, 7) is 4.56. The van der Waals surface area contributed by atoms with Crippen molar-refractivity contribution in [2.45, 2.75) is 39.2 Å². The number of para-hydroxylation sites is 2. The van der Waals surface area contributed by atoms with Crippen molar-refractivity contribution in [3.63, 3.8) is 0 Å². The van der Waals surface area contributed by atoms with Crippen LogP contribution in [0.25, 0.3) is 22.1 Å². The molecule has 0 unspecified atom stereocenters. The number of pyridine rings is 1.